The molecule has 68 valence electrons. The van der Waals surface area contributed by atoms with Gasteiger partial charge in [-0.3, -0.25) is 4.79 Å². The van der Waals surface area contributed by atoms with Gasteiger partial charge in [-0.2, -0.15) is 0 Å². The Kier molecular flexibility index (Phi) is 5.09. The van der Waals surface area contributed by atoms with Crippen LogP contribution in [0.1, 0.15) is 36.1 Å². The molecule has 1 aromatic heterocycles. The minimum Gasteiger partial charge on any atom is -0.294 e. The number of aromatic nitrogens is 1. The highest BCUT2D eigenvalue weighted by Crippen LogP contribution is 2.21. The van der Waals surface area contributed by atoms with Crippen molar-refractivity contribution in [1.29, 1.82) is 0 Å². The number of aryl methyl sites for hydroxylation is 1. The van der Waals surface area contributed by atoms with Gasteiger partial charge in [0.1, 0.15) is 0 Å². The van der Waals surface area contributed by atoms with Crippen LogP contribution >= 0.6 is 22.9 Å². The summed E-state index contributed by atoms with van der Waals surface area (Å²) >= 11 is 6.79. The highest BCUT2D eigenvalue weighted by molar-refractivity contribution is 7.17. The number of halogens is 1. The van der Waals surface area contributed by atoms with Crippen LogP contribution in [0.2, 0.25) is 4.47 Å². The summed E-state index contributed by atoms with van der Waals surface area (Å²) in [6.07, 6.45) is 0. The Morgan fingerprint density at radius 3 is 2.17 bits per heavy atom. The SMILES string of the molecule is CC.CC(=O)c1sc(Cl)nc1C. The van der Waals surface area contributed by atoms with Crippen LogP contribution in [-0.2, 0) is 0 Å². The van der Waals surface area contributed by atoms with E-state index in [-0.39, 0.29) is 5.78 Å². The van der Waals surface area contributed by atoms with Gasteiger partial charge in [-0.15, -0.1) is 0 Å². The predicted molar refractivity (Wildman–Crippen MR) is 53.2 cm³/mol. The monoisotopic (exact) mass is 205 g/mol. The molecule has 1 rings (SSSR count). The Morgan fingerprint density at radius 2 is 2.00 bits per heavy atom. The van der Waals surface area contributed by atoms with Gasteiger partial charge in [0, 0.05) is 6.92 Å². The van der Waals surface area contributed by atoms with E-state index < -0.39 is 0 Å². The van der Waals surface area contributed by atoms with Crippen molar-refractivity contribution in [2.45, 2.75) is 27.7 Å². The first-order valence-corrected chi connectivity index (χ1v) is 4.94. The molecule has 0 aliphatic carbocycles. The number of ketones is 1. The van der Waals surface area contributed by atoms with E-state index in [0.717, 1.165) is 5.69 Å². The van der Waals surface area contributed by atoms with E-state index in [1.807, 2.05) is 13.8 Å². The second kappa shape index (κ2) is 5.27. The largest absolute Gasteiger partial charge is 0.294 e. The summed E-state index contributed by atoms with van der Waals surface area (Å²) in [6, 6.07) is 0. The molecular formula is C8H12ClNOS. The van der Waals surface area contributed by atoms with Crippen molar-refractivity contribution < 1.29 is 4.79 Å². The summed E-state index contributed by atoms with van der Waals surface area (Å²) in [6.45, 7) is 7.29. The molecule has 0 saturated heterocycles. The average molecular weight is 206 g/mol. The summed E-state index contributed by atoms with van der Waals surface area (Å²) in [5.41, 5.74) is 0.725. The van der Waals surface area contributed by atoms with E-state index in [1.165, 1.54) is 18.3 Å². The third-order valence-electron chi connectivity index (χ3n) is 1.09. The Morgan fingerprint density at radius 1 is 1.50 bits per heavy atom. The molecule has 1 aromatic rings. The summed E-state index contributed by atoms with van der Waals surface area (Å²) in [5, 5.41) is 0. The zero-order chi connectivity index (χ0) is 9.72. The maximum atomic E-state index is 10.8. The van der Waals surface area contributed by atoms with Crippen LogP contribution < -0.4 is 0 Å². The maximum Gasteiger partial charge on any atom is 0.184 e. The quantitative estimate of drug-likeness (QED) is 0.659. The summed E-state index contributed by atoms with van der Waals surface area (Å²) < 4.78 is 0.433. The predicted octanol–water partition coefficient (Wildman–Crippen LogP) is 3.33. The number of Topliss-reactive ketones (excluding diaryl/α,β-unsaturated/α-hetero) is 1. The molecule has 0 N–H and O–H groups in total. The maximum absolute atomic E-state index is 10.8. The number of carbonyl (C=O) groups is 1. The van der Waals surface area contributed by atoms with Crippen LogP contribution in [-0.4, -0.2) is 10.8 Å². The van der Waals surface area contributed by atoms with Gasteiger partial charge < -0.3 is 0 Å². The highest BCUT2D eigenvalue weighted by atomic mass is 35.5. The van der Waals surface area contributed by atoms with Crippen molar-refractivity contribution in [2.75, 3.05) is 0 Å². The van der Waals surface area contributed by atoms with Crippen molar-refractivity contribution >= 4 is 28.7 Å². The van der Waals surface area contributed by atoms with E-state index in [4.69, 9.17) is 11.6 Å². The molecule has 0 spiro atoms. The second-order valence-corrected chi connectivity index (χ2v) is 3.52. The van der Waals surface area contributed by atoms with E-state index in [0.29, 0.717) is 9.34 Å². The summed E-state index contributed by atoms with van der Waals surface area (Å²) in [7, 11) is 0. The average Bonchev–Trinajstić information content (AvgIpc) is 2.34. The molecule has 0 amide bonds. The second-order valence-electron chi connectivity index (χ2n) is 1.94. The molecule has 0 bridgehead atoms. The van der Waals surface area contributed by atoms with Gasteiger partial charge >= 0.3 is 0 Å². The molecule has 0 aliphatic rings. The van der Waals surface area contributed by atoms with Crippen molar-refractivity contribution in [1.82, 2.24) is 4.98 Å². The number of nitrogens with zero attached hydrogens (tertiary/aromatic N) is 1. The zero-order valence-electron chi connectivity index (χ0n) is 7.64. The summed E-state index contributed by atoms with van der Waals surface area (Å²) in [5.74, 6) is 0.0295. The first kappa shape index (κ1) is 11.6. The van der Waals surface area contributed by atoms with Crippen molar-refractivity contribution in [3.05, 3.63) is 15.0 Å². The lowest BCUT2D eigenvalue weighted by atomic mass is 10.3. The van der Waals surface area contributed by atoms with Gasteiger partial charge in [0.25, 0.3) is 0 Å². The lowest BCUT2D eigenvalue weighted by Crippen LogP contribution is -1.89. The van der Waals surface area contributed by atoms with E-state index in [2.05, 4.69) is 4.98 Å². The first-order valence-electron chi connectivity index (χ1n) is 3.75. The molecule has 4 heteroatoms. The van der Waals surface area contributed by atoms with Gasteiger partial charge in [0.15, 0.2) is 10.3 Å². The fraction of sp³-hybridized carbons (Fsp3) is 0.500. The Labute approximate surface area is 81.6 Å². The van der Waals surface area contributed by atoms with E-state index in [1.54, 1.807) is 6.92 Å². The van der Waals surface area contributed by atoms with Crippen LogP contribution in [0.5, 0.6) is 0 Å². The molecule has 2 nitrogen and oxygen atoms in total. The molecule has 0 atom stereocenters. The van der Waals surface area contributed by atoms with Gasteiger partial charge in [0.05, 0.1) is 10.6 Å². The molecule has 1 heterocycles. The number of carbonyl (C=O) groups excluding carboxylic acids is 1. The Balaban J connectivity index is 0.000000561. The zero-order valence-corrected chi connectivity index (χ0v) is 9.21. The van der Waals surface area contributed by atoms with Crippen LogP contribution in [0.25, 0.3) is 0 Å². The standard InChI is InChI=1S/C6H6ClNOS.C2H6/c1-3-5(4(2)9)10-6(7)8-3;1-2/h1-2H3;1-2H3. The van der Waals surface area contributed by atoms with Gasteiger partial charge in [-0.1, -0.05) is 36.8 Å². The fourth-order valence-corrected chi connectivity index (χ4v) is 1.74. The first-order chi connectivity index (χ1) is 5.61. The van der Waals surface area contributed by atoms with Gasteiger partial charge in [-0.05, 0) is 6.92 Å². The lowest BCUT2D eigenvalue weighted by Gasteiger charge is -1.85. The minimum absolute atomic E-state index is 0.0295. The van der Waals surface area contributed by atoms with Crippen molar-refractivity contribution in [2.24, 2.45) is 0 Å². The Bertz CT molecular complexity index is 270. The van der Waals surface area contributed by atoms with Crippen LogP contribution in [0.3, 0.4) is 0 Å². The van der Waals surface area contributed by atoms with Crippen LogP contribution in [0.4, 0.5) is 0 Å². The molecule has 0 saturated carbocycles. The van der Waals surface area contributed by atoms with Gasteiger partial charge in [-0.25, -0.2) is 4.98 Å². The molecule has 0 aromatic carbocycles. The summed E-state index contributed by atoms with van der Waals surface area (Å²) in [4.78, 5) is 15.3. The van der Waals surface area contributed by atoms with Crippen molar-refractivity contribution in [3.8, 4) is 0 Å². The van der Waals surface area contributed by atoms with E-state index in [9.17, 15) is 4.79 Å². The molecule has 0 unspecified atom stereocenters. The van der Waals surface area contributed by atoms with Crippen LogP contribution in [0.15, 0.2) is 0 Å². The lowest BCUT2D eigenvalue weighted by molar-refractivity contribution is 0.102. The molecule has 0 radical (unpaired) electrons. The third kappa shape index (κ3) is 2.91. The van der Waals surface area contributed by atoms with Gasteiger partial charge in [0.2, 0.25) is 0 Å². The molecule has 0 fully saturated rings. The van der Waals surface area contributed by atoms with Crippen LogP contribution in [0, 0.1) is 6.92 Å². The molecular weight excluding hydrogens is 194 g/mol. The Hall–Kier alpha value is -0.410. The highest BCUT2D eigenvalue weighted by Gasteiger charge is 2.08. The van der Waals surface area contributed by atoms with E-state index >= 15 is 0 Å². The molecule has 0 aliphatic heterocycles. The minimum atomic E-state index is 0.0295. The van der Waals surface area contributed by atoms with Crippen molar-refractivity contribution in [3.63, 3.8) is 0 Å². The smallest absolute Gasteiger partial charge is 0.184 e. The number of rotatable bonds is 1. The number of thiazole rings is 1. The molecule has 12 heavy (non-hydrogen) atoms. The fourth-order valence-electron chi connectivity index (χ4n) is 0.690. The normalized spacial score (nSPS) is 8.75. The number of hydrogen-bond acceptors (Lipinski definition) is 3. The topological polar surface area (TPSA) is 30.0 Å². The third-order valence-corrected chi connectivity index (χ3v) is 2.45. The number of hydrogen-bond donors (Lipinski definition) is 0.